The third kappa shape index (κ3) is 3.73. The van der Waals surface area contributed by atoms with Gasteiger partial charge in [-0.25, -0.2) is 4.99 Å². The lowest BCUT2D eigenvalue weighted by molar-refractivity contribution is -0.117. The van der Waals surface area contributed by atoms with Gasteiger partial charge in [-0.3, -0.25) is 9.59 Å². The maximum atomic E-state index is 12.7. The van der Waals surface area contributed by atoms with Gasteiger partial charge in [0.15, 0.2) is 0 Å². The van der Waals surface area contributed by atoms with Crippen molar-refractivity contribution >= 4 is 62.1 Å². The van der Waals surface area contributed by atoms with Crippen LogP contribution in [0.15, 0.2) is 69.4 Å². The summed E-state index contributed by atoms with van der Waals surface area (Å²) < 4.78 is 0.675. The second kappa shape index (κ2) is 7.87. The molecule has 0 spiro atoms. The molecule has 2 amide bonds. The lowest BCUT2D eigenvalue weighted by atomic mass is 10.0. The van der Waals surface area contributed by atoms with Crippen molar-refractivity contribution in [3.63, 3.8) is 0 Å². The van der Waals surface area contributed by atoms with E-state index in [9.17, 15) is 9.59 Å². The molecular formula is C20H13BrClN3O2S. The van der Waals surface area contributed by atoms with E-state index in [4.69, 9.17) is 11.6 Å². The van der Waals surface area contributed by atoms with Crippen LogP contribution in [0.4, 0.5) is 5.69 Å². The summed E-state index contributed by atoms with van der Waals surface area (Å²) >= 11 is 10.6. The third-order valence-electron chi connectivity index (χ3n) is 4.16. The molecule has 1 aromatic heterocycles. The molecule has 1 aliphatic heterocycles. The summed E-state index contributed by atoms with van der Waals surface area (Å²) in [6.07, 6.45) is -1.07. The Balaban J connectivity index is 1.76. The lowest BCUT2D eigenvalue weighted by Crippen LogP contribution is -2.42. The van der Waals surface area contributed by atoms with Gasteiger partial charge in [-0.05, 0) is 45.6 Å². The van der Waals surface area contributed by atoms with Gasteiger partial charge in [0.25, 0.3) is 11.8 Å². The van der Waals surface area contributed by atoms with Gasteiger partial charge in [0.2, 0.25) is 6.17 Å². The van der Waals surface area contributed by atoms with Crippen molar-refractivity contribution in [2.24, 2.45) is 4.99 Å². The molecule has 1 aliphatic rings. The van der Waals surface area contributed by atoms with Gasteiger partial charge in [-0.2, -0.15) is 0 Å². The van der Waals surface area contributed by atoms with Gasteiger partial charge in [0.05, 0.1) is 11.4 Å². The molecule has 0 unspecified atom stereocenters. The van der Waals surface area contributed by atoms with Crippen molar-refractivity contribution in [3.05, 3.63) is 85.5 Å². The number of nitrogens with zero attached hydrogens (tertiary/aromatic N) is 1. The van der Waals surface area contributed by atoms with Gasteiger partial charge >= 0.3 is 0 Å². The molecule has 0 aliphatic carbocycles. The highest BCUT2D eigenvalue weighted by atomic mass is 79.9. The highest BCUT2D eigenvalue weighted by molar-refractivity contribution is 9.10. The minimum absolute atomic E-state index is 0.368. The second-order valence-electron chi connectivity index (χ2n) is 5.99. The first-order valence-electron chi connectivity index (χ1n) is 8.31. The first kappa shape index (κ1) is 18.9. The van der Waals surface area contributed by atoms with Crippen molar-refractivity contribution in [1.82, 2.24) is 5.32 Å². The molecule has 1 atom stereocenters. The fourth-order valence-corrected chi connectivity index (χ4v) is 4.42. The normalized spacial score (nSPS) is 15.9. The van der Waals surface area contributed by atoms with Crippen molar-refractivity contribution in [2.75, 3.05) is 5.32 Å². The molecule has 0 fully saturated rings. The monoisotopic (exact) mass is 473 g/mol. The minimum atomic E-state index is -1.07. The summed E-state index contributed by atoms with van der Waals surface area (Å²) in [5.41, 5.74) is 2.80. The molecule has 0 saturated heterocycles. The number of aliphatic imine (C=N–C) groups is 1. The number of rotatable bonds is 3. The SMILES string of the molecule is O=C(N[C@H]1N=C(c2ccc(Cl)cc2)c2ccccc2NC1=O)c1sccc1Br. The fourth-order valence-electron chi connectivity index (χ4n) is 2.84. The van der Waals surface area contributed by atoms with Gasteiger partial charge in [-0.15, -0.1) is 11.3 Å². The van der Waals surface area contributed by atoms with Crippen LogP contribution in [0.3, 0.4) is 0 Å². The Morgan fingerprint density at radius 3 is 2.61 bits per heavy atom. The number of amides is 2. The van der Waals surface area contributed by atoms with Crippen LogP contribution in [0.2, 0.25) is 5.02 Å². The Labute approximate surface area is 178 Å². The summed E-state index contributed by atoms with van der Waals surface area (Å²) in [6.45, 7) is 0. The van der Waals surface area contributed by atoms with E-state index in [-0.39, 0.29) is 5.91 Å². The molecule has 140 valence electrons. The Morgan fingerprint density at radius 1 is 1.14 bits per heavy atom. The van der Waals surface area contributed by atoms with E-state index in [0.29, 0.717) is 25.8 Å². The lowest BCUT2D eigenvalue weighted by Gasteiger charge is -2.13. The van der Waals surface area contributed by atoms with Crippen molar-refractivity contribution in [2.45, 2.75) is 6.17 Å². The molecule has 0 radical (unpaired) electrons. The second-order valence-corrected chi connectivity index (χ2v) is 8.20. The van der Waals surface area contributed by atoms with Gasteiger partial charge in [0.1, 0.15) is 4.88 Å². The summed E-state index contributed by atoms with van der Waals surface area (Å²) in [5.74, 6) is -0.773. The van der Waals surface area contributed by atoms with Crippen LogP contribution >= 0.6 is 38.9 Å². The third-order valence-corrected chi connectivity index (χ3v) is 6.24. The fraction of sp³-hybridized carbons (Fsp3) is 0.0500. The zero-order valence-corrected chi connectivity index (χ0v) is 17.4. The standard InChI is InChI=1S/C20H13BrClN3O2S/c21-14-9-10-28-17(14)19(26)25-18-20(27)23-15-4-2-1-3-13(15)16(24-18)11-5-7-12(22)8-6-11/h1-10,18H,(H,23,27)(H,25,26)/t18-/m1/s1. The van der Waals surface area contributed by atoms with E-state index in [1.54, 1.807) is 29.6 Å². The zero-order chi connectivity index (χ0) is 19.7. The number of para-hydroxylation sites is 1. The van der Waals surface area contributed by atoms with E-state index < -0.39 is 12.1 Å². The van der Waals surface area contributed by atoms with Crippen molar-refractivity contribution < 1.29 is 9.59 Å². The number of hydrogen-bond donors (Lipinski definition) is 2. The highest BCUT2D eigenvalue weighted by Gasteiger charge is 2.28. The Hall–Kier alpha value is -2.48. The Kier molecular flexibility index (Phi) is 5.30. The van der Waals surface area contributed by atoms with E-state index >= 15 is 0 Å². The molecule has 0 bridgehead atoms. The maximum Gasteiger partial charge on any atom is 0.269 e. The molecule has 0 saturated carbocycles. The molecule has 2 aromatic carbocycles. The summed E-state index contributed by atoms with van der Waals surface area (Å²) in [7, 11) is 0. The number of nitrogens with one attached hydrogen (secondary N) is 2. The zero-order valence-electron chi connectivity index (χ0n) is 14.3. The Bertz CT molecular complexity index is 1090. The van der Waals surface area contributed by atoms with E-state index in [1.165, 1.54) is 11.3 Å². The largest absolute Gasteiger partial charge is 0.322 e. The first-order chi connectivity index (χ1) is 13.5. The van der Waals surface area contributed by atoms with Crippen LogP contribution in [-0.2, 0) is 4.79 Å². The van der Waals surface area contributed by atoms with E-state index in [0.717, 1.165) is 11.1 Å². The molecule has 28 heavy (non-hydrogen) atoms. The van der Waals surface area contributed by atoms with Crippen LogP contribution in [0.1, 0.15) is 20.8 Å². The van der Waals surface area contributed by atoms with Crippen LogP contribution < -0.4 is 10.6 Å². The average Bonchev–Trinajstić information content (AvgIpc) is 3.06. The smallest absolute Gasteiger partial charge is 0.269 e. The summed E-state index contributed by atoms with van der Waals surface area (Å²) in [5, 5.41) is 7.96. The predicted molar refractivity (Wildman–Crippen MR) is 115 cm³/mol. The van der Waals surface area contributed by atoms with Crippen LogP contribution in [-0.4, -0.2) is 23.7 Å². The molecule has 5 nitrogen and oxygen atoms in total. The first-order valence-corrected chi connectivity index (χ1v) is 10.4. The molecular weight excluding hydrogens is 462 g/mol. The number of fused-ring (bicyclic) bond motifs is 1. The van der Waals surface area contributed by atoms with Crippen molar-refractivity contribution in [3.8, 4) is 0 Å². The summed E-state index contributed by atoms with van der Waals surface area (Å²) in [6, 6.07) is 16.4. The number of carbonyl (C=O) groups excluding carboxylic acids is 2. The van der Waals surface area contributed by atoms with Gasteiger partial charge < -0.3 is 10.6 Å². The van der Waals surface area contributed by atoms with Crippen LogP contribution in [0, 0.1) is 0 Å². The van der Waals surface area contributed by atoms with E-state index in [2.05, 4.69) is 31.6 Å². The van der Waals surface area contributed by atoms with Gasteiger partial charge in [0, 0.05) is 20.6 Å². The number of thiophene rings is 1. The topological polar surface area (TPSA) is 70.6 Å². The minimum Gasteiger partial charge on any atom is -0.322 e. The number of anilines is 1. The predicted octanol–water partition coefficient (Wildman–Crippen LogP) is 4.71. The summed E-state index contributed by atoms with van der Waals surface area (Å²) in [4.78, 5) is 30.4. The number of benzene rings is 2. The molecule has 2 heterocycles. The van der Waals surface area contributed by atoms with Crippen molar-refractivity contribution in [1.29, 1.82) is 0 Å². The average molecular weight is 475 g/mol. The number of hydrogen-bond acceptors (Lipinski definition) is 4. The number of benzodiazepines with no additional fused rings is 1. The maximum absolute atomic E-state index is 12.7. The van der Waals surface area contributed by atoms with Crippen LogP contribution in [0.5, 0.6) is 0 Å². The highest BCUT2D eigenvalue weighted by Crippen LogP contribution is 2.26. The quantitative estimate of drug-likeness (QED) is 0.577. The Morgan fingerprint density at radius 2 is 1.89 bits per heavy atom. The van der Waals surface area contributed by atoms with E-state index in [1.807, 2.05) is 30.3 Å². The molecule has 2 N–H and O–H groups in total. The van der Waals surface area contributed by atoms with Gasteiger partial charge in [-0.1, -0.05) is 41.9 Å². The molecule has 3 aromatic rings. The van der Waals surface area contributed by atoms with Crippen LogP contribution in [0.25, 0.3) is 0 Å². The molecule has 8 heteroatoms. The number of halogens is 2. The number of carbonyl (C=O) groups is 2. The molecule has 4 rings (SSSR count).